The second-order valence-corrected chi connectivity index (χ2v) is 2.30. The third-order valence-corrected chi connectivity index (χ3v) is 0.930. The summed E-state index contributed by atoms with van der Waals surface area (Å²) in [6.45, 7) is 5.67. The number of halogens is 2. The molecule has 0 aliphatic heterocycles. The minimum Gasteiger partial charge on any atom is -1.00 e. The fraction of sp³-hybridized carbons (Fsp3) is 0.200. The molecule has 0 unspecified atom stereocenters. The van der Waals surface area contributed by atoms with Crippen LogP contribution in [-0.2, 0) is 0 Å². The quantitative estimate of drug-likeness (QED) is 0.412. The van der Waals surface area contributed by atoms with Gasteiger partial charge < -0.3 is 24.8 Å². The maximum absolute atomic E-state index is 3.68. The maximum atomic E-state index is 3.68. The molecule has 0 saturated carbocycles. The summed E-state index contributed by atoms with van der Waals surface area (Å²) in [5.41, 5.74) is 1.14. The molecule has 0 aliphatic rings. The third kappa shape index (κ3) is 15.8. The van der Waals surface area contributed by atoms with E-state index >= 15 is 0 Å². The van der Waals surface area contributed by atoms with Gasteiger partial charge in [0.2, 0.25) is 0 Å². The van der Waals surface area contributed by atoms with Crippen molar-refractivity contribution < 1.29 is 24.8 Å². The van der Waals surface area contributed by atoms with Gasteiger partial charge in [-0.05, 0) is 0 Å². The smallest absolute Gasteiger partial charge is 1.00 e. The molecule has 0 aliphatic carbocycles. The third-order valence-electron chi connectivity index (χ3n) is 0.381. The molecule has 0 spiro atoms. The normalized spacial score (nSPS) is 7.38. The molecule has 0 aromatic heterocycles. The first-order chi connectivity index (χ1) is 2.77. The Labute approximate surface area is 77.8 Å². The maximum Gasteiger partial charge on any atom is -1.00 e. The summed E-state index contributed by atoms with van der Waals surface area (Å²) in [5, 5.41) is 0. The molecule has 0 fully saturated rings. The van der Waals surface area contributed by atoms with Gasteiger partial charge in [0.25, 0.3) is 0 Å². The molecule has 0 rings (SSSR count). The van der Waals surface area contributed by atoms with Crippen LogP contribution < -0.4 is 24.8 Å². The van der Waals surface area contributed by atoms with Gasteiger partial charge in [-0.1, -0.05) is 0 Å². The van der Waals surface area contributed by atoms with Crippen LogP contribution in [0, 0.1) is 0 Å². The first-order valence-electron chi connectivity index (χ1n) is 1.81. The molecule has 0 N–H and O–H groups in total. The predicted molar refractivity (Wildman–Crippen MR) is 29.7 cm³/mol. The molecule has 0 saturated heterocycles. The minimum absolute atomic E-state index is 0. The molecule has 0 aromatic rings. The van der Waals surface area contributed by atoms with Crippen molar-refractivity contribution in [3.63, 3.8) is 0 Å². The van der Waals surface area contributed by atoms with Crippen LogP contribution in [0.5, 0.6) is 0 Å². The summed E-state index contributed by atoms with van der Waals surface area (Å²) in [6.07, 6.45) is 2.03. The summed E-state index contributed by atoms with van der Waals surface area (Å²) < 4.78 is 2.10. The average Bonchev–Trinajstić information content (AvgIpc) is 1.35. The van der Waals surface area contributed by atoms with Gasteiger partial charge in [-0.25, -0.2) is 0 Å². The van der Waals surface area contributed by atoms with Crippen molar-refractivity contribution in [3.8, 4) is 0 Å². The topological polar surface area (TPSA) is 0 Å². The molecule has 0 atom stereocenters. The summed E-state index contributed by atoms with van der Waals surface area (Å²) >= 11 is 1.20. The van der Waals surface area contributed by atoms with Crippen LogP contribution in [0.4, 0.5) is 0 Å². The summed E-state index contributed by atoms with van der Waals surface area (Å²) in [7, 11) is 0. The summed E-state index contributed by atoms with van der Waals surface area (Å²) in [4.78, 5) is 0. The molecule has 0 bridgehead atoms. The van der Waals surface area contributed by atoms with Crippen molar-refractivity contribution >= 4 is 24.4 Å². The molecule has 0 heterocycles. The van der Waals surface area contributed by atoms with Gasteiger partial charge in [0, 0.05) is 0 Å². The molecule has 0 radical (unpaired) electrons. The Bertz CT molecular complexity index is 78.5. The molecule has 0 nitrogen and oxygen atoms in total. The largest absolute Gasteiger partial charge is 1.00 e. The fourth-order valence-corrected chi connectivity index (χ4v) is 1.10. The van der Waals surface area contributed by atoms with Crippen molar-refractivity contribution in [2.45, 2.75) is 6.92 Å². The van der Waals surface area contributed by atoms with Gasteiger partial charge in [0.05, 0.1) is 0 Å². The average molecular weight is 253 g/mol. The van der Waals surface area contributed by atoms with Crippen molar-refractivity contribution in [2.24, 2.45) is 0 Å². The Balaban J connectivity index is -0.000000125. The van der Waals surface area contributed by atoms with E-state index in [0.717, 1.165) is 5.57 Å². The van der Waals surface area contributed by atoms with Gasteiger partial charge in [0.15, 0.2) is 0 Å². The van der Waals surface area contributed by atoms with E-state index < -0.39 is 0 Å². The van der Waals surface area contributed by atoms with Crippen LogP contribution in [-0.4, -0.2) is 24.4 Å². The summed E-state index contributed by atoms with van der Waals surface area (Å²) in [5.74, 6) is 0. The molecule has 44 valence electrons. The van der Waals surface area contributed by atoms with Crippen LogP contribution in [0.3, 0.4) is 0 Å². The minimum atomic E-state index is 0. The molecule has 8 heavy (non-hydrogen) atoms. The van der Waals surface area contributed by atoms with E-state index in [1.807, 2.05) is 13.0 Å². The first-order valence-corrected chi connectivity index (χ1v) is 3.71. The second-order valence-electron chi connectivity index (χ2n) is 1.21. The van der Waals surface area contributed by atoms with Crippen molar-refractivity contribution in [1.29, 1.82) is 0 Å². The Morgan fingerprint density at radius 1 is 1.50 bits per heavy atom. The molecule has 3 heteroatoms. The van der Waals surface area contributed by atoms with Crippen molar-refractivity contribution in [3.05, 3.63) is 22.1 Å². The molecular formula is C5H7Cl2In. The number of hydrogen-bond donors (Lipinski definition) is 0. The van der Waals surface area contributed by atoms with E-state index in [1.165, 1.54) is 24.4 Å². The van der Waals surface area contributed by atoms with Gasteiger partial charge in [0.1, 0.15) is 0 Å². The van der Waals surface area contributed by atoms with Crippen LogP contribution in [0.2, 0.25) is 0 Å². The van der Waals surface area contributed by atoms with Crippen molar-refractivity contribution in [2.75, 3.05) is 0 Å². The van der Waals surface area contributed by atoms with Gasteiger partial charge in [-0.3, -0.25) is 0 Å². The fourth-order valence-electron chi connectivity index (χ4n) is 0.164. The zero-order valence-corrected chi connectivity index (χ0v) is 9.50. The van der Waals surface area contributed by atoms with Crippen LogP contribution in [0.15, 0.2) is 22.1 Å². The Kier molecular flexibility index (Phi) is 21.6. The van der Waals surface area contributed by atoms with Crippen molar-refractivity contribution in [1.82, 2.24) is 0 Å². The van der Waals surface area contributed by atoms with Crippen LogP contribution >= 0.6 is 0 Å². The first kappa shape index (κ1) is 16.0. The SMILES string of the molecule is C=C(C)C=[CH][In+2].[Cl-].[Cl-]. The monoisotopic (exact) mass is 252 g/mol. The zero-order valence-electron chi connectivity index (χ0n) is 4.70. The molecule has 0 amide bonds. The number of rotatable bonds is 1. The Morgan fingerprint density at radius 2 is 1.88 bits per heavy atom. The number of hydrogen-bond acceptors (Lipinski definition) is 0. The summed E-state index contributed by atoms with van der Waals surface area (Å²) in [6, 6.07) is 0. The van der Waals surface area contributed by atoms with E-state index in [9.17, 15) is 0 Å². The standard InChI is InChI=1S/C5H7.2ClH.In/c1-4-5(2)3;;;/h1,4H,2H2,3H3;2*1H;/q;;;+2/p-2. The van der Waals surface area contributed by atoms with E-state index in [-0.39, 0.29) is 24.8 Å². The predicted octanol–water partition coefficient (Wildman–Crippen LogP) is -4.75. The van der Waals surface area contributed by atoms with E-state index in [4.69, 9.17) is 0 Å². The zero-order chi connectivity index (χ0) is 4.99. The van der Waals surface area contributed by atoms with Gasteiger partial charge in [-0.2, -0.15) is 0 Å². The second kappa shape index (κ2) is 10.8. The number of allylic oxidation sites excluding steroid dienone is 2. The molecule has 0 aromatic carbocycles. The van der Waals surface area contributed by atoms with E-state index in [1.54, 1.807) is 0 Å². The van der Waals surface area contributed by atoms with E-state index in [0.29, 0.717) is 0 Å². The van der Waals surface area contributed by atoms with Crippen LogP contribution in [0.25, 0.3) is 0 Å². The Hall–Kier alpha value is 0.930. The van der Waals surface area contributed by atoms with Gasteiger partial charge in [-0.15, -0.1) is 0 Å². The van der Waals surface area contributed by atoms with Crippen LogP contribution in [0.1, 0.15) is 6.92 Å². The Morgan fingerprint density at radius 3 is 1.88 bits per heavy atom. The molecular weight excluding hydrogens is 246 g/mol. The van der Waals surface area contributed by atoms with Gasteiger partial charge >= 0.3 is 53.4 Å². The van der Waals surface area contributed by atoms with E-state index in [2.05, 4.69) is 10.4 Å².